The van der Waals surface area contributed by atoms with Gasteiger partial charge in [0.1, 0.15) is 6.10 Å². The maximum atomic E-state index is 9.48. The molecule has 0 aliphatic carbocycles. The van der Waals surface area contributed by atoms with Crippen LogP contribution in [0.2, 0.25) is 0 Å². The smallest absolute Gasteiger partial charge is 0.547 e. The molecule has 1 atom stereocenters. The molecule has 0 saturated heterocycles. The summed E-state index contributed by atoms with van der Waals surface area (Å²) in [4.78, 5) is 9.48. The van der Waals surface area contributed by atoms with E-state index in [1.54, 1.807) is 13.8 Å². The Morgan fingerprint density at radius 2 is 1.75 bits per heavy atom. The Morgan fingerprint density at radius 1 is 1.50 bits per heavy atom. The van der Waals surface area contributed by atoms with Crippen LogP contribution < -0.4 is 34.7 Å². The van der Waals surface area contributed by atoms with Crippen LogP contribution in [0.1, 0.15) is 13.8 Å². The van der Waals surface area contributed by atoms with Gasteiger partial charge in [-0.1, -0.05) is 0 Å². The predicted molar refractivity (Wildman–Crippen MR) is 39.1 cm³/mol. The van der Waals surface area contributed by atoms with E-state index < -0.39 is 12.1 Å². The van der Waals surface area contributed by atoms with Crippen molar-refractivity contribution >= 4 is 17.6 Å². The third-order valence-corrected chi connectivity index (χ3v) is 0.711. The molecular formula is C6H12ClNaO4. The quantitative estimate of drug-likeness (QED) is 0.354. The monoisotopic (exact) mass is 206 g/mol. The van der Waals surface area contributed by atoms with Crippen LogP contribution in [-0.2, 0) is 4.79 Å². The summed E-state index contributed by atoms with van der Waals surface area (Å²) in [5.74, 6) is -1.85. The molecule has 0 aliphatic heterocycles. The fraction of sp³-hybridized carbons (Fsp3) is 0.833. The van der Waals surface area contributed by atoms with Crippen LogP contribution in [-0.4, -0.2) is 34.3 Å². The maximum Gasteiger partial charge on any atom is 1.00 e. The van der Waals surface area contributed by atoms with Crippen molar-refractivity contribution in [2.45, 2.75) is 26.1 Å². The van der Waals surface area contributed by atoms with Crippen LogP contribution in [0, 0.1) is 0 Å². The molecule has 12 heavy (non-hydrogen) atoms. The summed E-state index contributed by atoms with van der Waals surface area (Å²) in [6.07, 6.45) is -1.69. The van der Waals surface area contributed by atoms with E-state index in [1.165, 1.54) is 0 Å². The first-order chi connectivity index (χ1) is 4.91. The molecule has 0 rings (SSSR count). The summed E-state index contributed by atoms with van der Waals surface area (Å²) in [6.45, 7) is 3.44. The van der Waals surface area contributed by atoms with Crippen LogP contribution in [0.5, 0.6) is 0 Å². The van der Waals surface area contributed by atoms with E-state index in [4.69, 9.17) is 21.8 Å². The first-order valence-electron chi connectivity index (χ1n) is 3.04. The van der Waals surface area contributed by atoms with Crippen molar-refractivity contribution in [1.29, 1.82) is 0 Å². The van der Waals surface area contributed by atoms with Crippen LogP contribution in [0.4, 0.5) is 0 Å². The Balaban J connectivity index is -0.000000142. The molecule has 0 spiro atoms. The van der Waals surface area contributed by atoms with Crippen LogP contribution in [0.15, 0.2) is 0 Å². The molecule has 0 aromatic rings. The van der Waals surface area contributed by atoms with Gasteiger partial charge < -0.3 is 20.1 Å². The largest absolute Gasteiger partial charge is 1.00 e. The molecule has 68 valence electrons. The second kappa shape index (κ2) is 11.7. The fourth-order valence-electron chi connectivity index (χ4n) is 0.0630. The number of rotatable bonds is 2. The van der Waals surface area contributed by atoms with E-state index in [9.17, 15) is 9.90 Å². The van der Waals surface area contributed by atoms with Crippen molar-refractivity contribution in [3.63, 3.8) is 0 Å². The zero-order chi connectivity index (χ0) is 9.44. The number of halogens is 1. The number of hydrogen-bond donors (Lipinski definition) is 2. The van der Waals surface area contributed by atoms with Gasteiger partial charge in [-0.05, 0) is 13.8 Å². The summed E-state index contributed by atoms with van der Waals surface area (Å²) >= 11 is 4.88. The minimum atomic E-state index is -1.53. The Labute approximate surface area is 98.8 Å². The molecule has 1 unspecified atom stereocenters. The van der Waals surface area contributed by atoms with Gasteiger partial charge in [0.05, 0.1) is 11.8 Å². The van der Waals surface area contributed by atoms with Gasteiger partial charge in [-0.15, -0.1) is 11.6 Å². The summed E-state index contributed by atoms with van der Waals surface area (Å²) in [7, 11) is 0. The van der Waals surface area contributed by atoms with Gasteiger partial charge in [0, 0.05) is 6.10 Å². The van der Waals surface area contributed by atoms with Gasteiger partial charge in [0.25, 0.3) is 0 Å². The van der Waals surface area contributed by atoms with Crippen LogP contribution >= 0.6 is 11.6 Å². The van der Waals surface area contributed by atoms with E-state index in [1.807, 2.05) is 0 Å². The standard InChI is InChI=1S/C3H5ClO3.C3H8O.Na/c4-1-2(5)3(6)7;1-3(2)4;/h2,5H,1H2,(H,6,7);3-4H,1-2H3;/q;;+1/p-1. The van der Waals surface area contributed by atoms with E-state index >= 15 is 0 Å². The minimum absolute atomic E-state index is 0. The number of carboxylic acid groups (broad SMARTS) is 1. The molecule has 0 saturated carbocycles. The molecule has 0 amide bonds. The van der Waals surface area contributed by atoms with E-state index in [-0.39, 0.29) is 41.5 Å². The van der Waals surface area contributed by atoms with Crippen molar-refractivity contribution in [2.75, 3.05) is 5.88 Å². The van der Waals surface area contributed by atoms with E-state index in [0.29, 0.717) is 0 Å². The summed E-state index contributed by atoms with van der Waals surface area (Å²) in [5.41, 5.74) is 0. The Hall–Kier alpha value is 0.680. The second-order valence-electron chi connectivity index (χ2n) is 2.08. The van der Waals surface area contributed by atoms with Crippen molar-refractivity contribution in [2.24, 2.45) is 0 Å². The zero-order valence-electron chi connectivity index (χ0n) is 7.45. The van der Waals surface area contributed by atoms with Gasteiger partial charge in [-0.25, -0.2) is 0 Å². The first-order valence-corrected chi connectivity index (χ1v) is 3.58. The Kier molecular flexibility index (Phi) is 18.0. The molecule has 0 aliphatic rings. The minimum Gasteiger partial charge on any atom is -0.547 e. The third kappa shape index (κ3) is 22.4. The second-order valence-corrected chi connectivity index (χ2v) is 2.39. The van der Waals surface area contributed by atoms with Crippen molar-refractivity contribution < 1.29 is 49.7 Å². The third-order valence-electron chi connectivity index (χ3n) is 0.418. The number of aliphatic hydroxyl groups excluding tert-OH is 2. The maximum absolute atomic E-state index is 9.48. The van der Waals surface area contributed by atoms with Crippen LogP contribution in [0.25, 0.3) is 0 Å². The molecule has 0 heterocycles. The van der Waals surface area contributed by atoms with Gasteiger partial charge in [0.15, 0.2) is 0 Å². The summed E-state index contributed by atoms with van der Waals surface area (Å²) < 4.78 is 0. The van der Waals surface area contributed by atoms with Gasteiger partial charge in [0.2, 0.25) is 0 Å². The molecule has 0 radical (unpaired) electrons. The molecule has 0 bridgehead atoms. The number of carbonyl (C=O) groups is 1. The molecule has 4 nitrogen and oxygen atoms in total. The Morgan fingerprint density at radius 3 is 1.75 bits per heavy atom. The zero-order valence-corrected chi connectivity index (χ0v) is 10.2. The van der Waals surface area contributed by atoms with E-state index in [2.05, 4.69) is 0 Å². The normalized spacial score (nSPS) is 10.8. The average molecular weight is 207 g/mol. The molecule has 2 N–H and O–H groups in total. The molecule has 0 fully saturated rings. The van der Waals surface area contributed by atoms with Crippen molar-refractivity contribution in [3.8, 4) is 0 Å². The molecule has 6 heteroatoms. The Bertz CT molecular complexity index is 107. The number of aliphatic hydroxyl groups is 2. The van der Waals surface area contributed by atoms with Crippen molar-refractivity contribution in [1.82, 2.24) is 0 Å². The van der Waals surface area contributed by atoms with Crippen molar-refractivity contribution in [3.05, 3.63) is 0 Å². The number of alkyl halides is 1. The van der Waals surface area contributed by atoms with Gasteiger partial charge in [-0.2, -0.15) is 0 Å². The number of aliphatic carboxylic acids is 1. The average Bonchev–Trinajstić information content (AvgIpc) is 1.85. The molecule has 0 aromatic heterocycles. The SMILES string of the molecule is CC(C)O.O=C([O-])C(O)CCl.[Na+]. The summed E-state index contributed by atoms with van der Waals surface area (Å²) in [5, 5.41) is 25.7. The number of hydrogen-bond acceptors (Lipinski definition) is 4. The predicted octanol–water partition coefficient (Wildman–Crippen LogP) is -4.27. The fourth-order valence-corrected chi connectivity index (χ4v) is 0.189. The van der Waals surface area contributed by atoms with Crippen LogP contribution in [0.3, 0.4) is 0 Å². The first kappa shape index (κ1) is 18.5. The molecule has 0 aromatic carbocycles. The summed E-state index contributed by atoms with van der Waals surface area (Å²) in [6, 6.07) is 0. The number of carboxylic acids is 1. The van der Waals surface area contributed by atoms with E-state index in [0.717, 1.165) is 0 Å². The number of carbonyl (C=O) groups excluding carboxylic acids is 1. The van der Waals surface area contributed by atoms with Gasteiger partial charge >= 0.3 is 29.6 Å². The topological polar surface area (TPSA) is 80.6 Å². The molecular weight excluding hydrogens is 195 g/mol. The van der Waals surface area contributed by atoms with Gasteiger partial charge in [-0.3, -0.25) is 0 Å².